The van der Waals surface area contributed by atoms with Crippen LogP contribution in [-0.2, 0) is 5.41 Å². The Morgan fingerprint density at radius 1 is 1.37 bits per heavy atom. The van der Waals surface area contributed by atoms with Crippen molar-refractivity contribution in [2.24, 2.45) is 5.92 Å². The lowest BCUT2D eigenvalue weighted by Crippen LogP contribution is -2.40. The first kappa shape index (κ1) is 15.2. The van der Waals surface area contributed by atoms with E-state index < -0.39 is 0 Å². The van der Waals surface area contributed by atoms with E-state index in [1.54, 1.807) is 0 Å². The fourth-order valence-corrected chi connectivity index (χ4v) is 3.98. The second kappa shape index (κ2) is 6.47. The Kier molecular flexibility index (Phi) is 5.16. The van der Waals surface area contributed by atoms with Gasteiger partial charge in [-0.05, 0) is 49.4 Å². The molecule has 1 fully saturated rings. The van der Waals surface area contributed by atoms with Gasteiger partial charge in [0.15, 0.2) is 0 Å². The van der Waals surface area contributed by atoms with Crippen LogP contribution in [0.3, 0.4) is 0 Å². The smallest absolute Gasteiger partial charge is 0.0459 e. The van der Waals surface area contributed by atoms with Crippen molar-refractivity contribution < 1.29 is 0 Å². The summed E-state index contributed by atoms with van der Waals surface area (Å²) in [5.74, 6) is 0.663. The Balaban J connectivity index is 2.31. The third-order valence-corrected chi connectivity index (χ3v) is 5.09. The number of nitrogens with one attached hydrogen (secondary N) is 1. The van der Waals surface area contributed by atoms with Gasteiger partial charge in [-0.3, -0.25) is 0 Å². The van der Waals surface area contributed by atoms with Crippen molar-refractivity contribution in [3.05, 3.63) is 33.8 Å². The Labute approximate surface area is 126 Å². The van der Waals surface area contributed by atoms with Gasteiger partial charge in [-0.2, -0.15) is 0 Å². The highest BCUT2D eigenvalue weighted by atomic mass is 35.5. The molecule has 0 saturated heterocycles. The molecule has 1 nitrogen and oxygen atoms in total. The van der Waals surface area contributed by atoms with E-state index >= 15 is 0 Å². The van der Waals surface area contributed by atoms with Gasteiger partial charge in [0.05, 0.1) is 0 Å². The summed E-state index contributed by atoms with van der Waals surface area (Å²) >= 11 is 12.5. The monoisotopic (exact) mass is 299 g/mol. The first-order valence-corrected chi connectivity index (χ1v) is 8.02. The van der Waals surface area contributed by atoms with Crippen molar-refractivity contribution in [1.82, 2.24) is 5.32 Å². The molecule has 0 radical (unpaired) electrons. The second-order valence-electron chi connectivity index (χ2n) is 5.75. The second-order valence-corrected chi connectivity index (χ2v) is 6.59. The standard InChI is InChI=1S/C16H23Cl2N/c1-3-9-19-11-16(8-4-5-12(16)2)14-7-6-13(17)10-15(14)18/h6-7,10,12,19H,3-5,8-9,11H2,1-2H3. The van der Waals surface area contributed by atoms with E-state index in [9.17, 15) is 0 Å². The van der Waals surface area contributed by atoms with Crippen molar-refractivity contribution >= 4 is 23.2 Å². The minimum atomic E-state index is 0.177. The lowest BCUT2D eigenvalue weighted by Gasteiger charge is -2.35. The summed E-state index contributed by atoms with van der Waals surface area (Å²) in [5.41, 5.74) is 1.45. The largest absolute Gasteiger partial charge is 0.316 e. The van der Waals surface area contributed by atoms with Gasteiger partial charge in [0.1, 0.15) is 0 Å². The van der Waals surface area contributed by atoms with Crippen molar-refractivity contribution in [3.63, 3.8) is 0 Å². The maximum atomic E-state index is 6.46. The topological polar surface area (TPSA) is 12.0 Å². The molecule has 0 aliphatic heterocycles. The minimum absolute atomic E-state index is 0.177. The van der Waals surface area contributed by atoms with E-state index in [4.69, 9.17) is 23.2 Å². The van der Waals surface area contributed by atoms with Crippen LogP contribution < -0.4 is 5.32 Å². The molecule has 1 aromatic rings. The fourth-order valence-electron chi connectivity index (χ4n) is 3.39. The Bertz CT molecular complexity index is 433. The third-order valence-electron chi connectivity index (χ3n) is 4.54. The molecule has 1 saturated carbocycles. The molecule has 0 heterocycles. The van der Waals surface area contributed by atoms with Gasteiger partial charge >= 0.3 is 0 Å². The lowest BCUT2D eigenvalue weighted by atomic mass is 9.72. The SMILES string of the molecule is CCCNCC1(c2ccc(Cl)cc2Cl)CCCC1C. The minimum Gasteiger partial charge on any atom is -0.316 e. The van der Waals surface area contributed by atoms with Crippen LogP contribution >= 0.6 is 23.2 Å². The molecule has 19 heavy (non-hydrogen) atoms. The summed E-state index contributed by atoms with van der Waals surface area (Å²) in [5, 5.41) is 5.13. The maximum absolute atomic E-state index is 6.46. The van der Waals surface area contributed by atoms with E-state index in [1.807, 2.05) is 12.1 Å². The zero-order chi connectivity index (χ0) is 13.9. The van der Waals surface area contributed by atoms with Crippen molar-refractivity contribution in [3.8, 4) is 0 Å². The van der Waals surface area contributed by atoms with Gasteiger partial charge in [0.25, 0.3) is 0 Å². The highest BCUT2D eigenvalue weighted by molar-refractivity contribution is 6.35. The third kappa shape index (κ3) is 3.09. The molecule has 0 bridgehead atoms. The Hall–Kier alpha value is -0.240. The molecule has 0 amide bonds. The van der Waals surface area contributed by atoms with Crippen LogP contribution in [0.25, 0.3) is 0 Å². The van der Waals surface area contributed by atoms with Gasteiger partial charge < -0.3 is 5.32 Å². The first-order valence-electron chi connectivity index (χ1n) is 7.26. The summed E-state index contributed by atoms with van der Waals surface area (Å²) in [7, 11) is 0. The summed E-state index contributed by atoms with van der Waals surface area (Å²) in [4.78, 5) is 0. The molecule has 2 atom stereocenters. The quantitative estimate of drug-likeness (QED) is 0.750. The molecule has 2 rings (SSSR count). The number of hydrogen-bond donors (Lipinski definition) is 1. The molecule has 1 aliphatic rings. The van der Waals surface area contributed by atoms with E-state index in [0.29, 0.717) is 5.92 Å². The number of hydrogen-bond acceptors (Lipinski definition) is 1. The maximum Gasteiger partial charge on any atom is 0.0459 e. The van der Waals surface area contributed by atoms with Crippen molar-refractivity contribution in [2.75, 3.05) is 13.1 Å². The predicted octanol–water partition coefficient (Wildman–Crippen LogP) is 5.05. The lowest BCUT2D eigenvalue weighted by molar-refractivity contribution is 0.318. The summed E-state index contributed by atoms with van der Waals surface area (Å²) < 4.78 is 0. The van der Waals surface area contributed by atoms with E-state index in [0.717, 1.165) is 23.1 Å². The molecular weight excluding hydrogens is 277 g/mol. The zero-order valence-corrected chi connectivity index (χ0v) is 13.3. The van der Waals surface area contributed by atoms with Gasteiger partial charge in [0.2, 0.25) is 0 Å². The van der Waals surface area contributed by atoms with Crippen LogP contribution in [0.2, 0.25) is 10.0 Å². The highest BCUT2D eigenvalue weighted by Gasteiger charge is 2.42. The van der Waals surface area contributed by atoms with E-state index in [1.165, 1.54) is 31.2 Å². The van der Waals surface area contributed by atoms with Crippen LogP contribution in [0.15, 0.2) is 18.2 Å². The Morgan fingerprint density at radius 3 is 2.74 bits per heavy atom. The molecule has 3 heteroatoms. The summed E-state index contributed by atoms with van der Waals surface area (Å²) in [6.45, 7) is 6.64. The molecular formula is C16H23Cl2N. The van der Waals surface area contributed by atoms with Crippen molar-refractivity contribution in [1.29, 1.82) is 0 Å². The first-order chi connectivity index (χ1) is 9.10. The molecule has 0 spiro atoms. The van der Waals surface area contributed by atoms with E-state index in [2.05, 4.69) is 25.2 Å². The summed E-state index contributed by atoms with van der Waals surface area (Å²) in [6.07, 6.45) is 4.95. The van der Waals surface area contributed by atoms with Crippen LogP contribution in [-0.4, -0.2) is 13.1 Å². The highest BCUT2D eigenvalue weighted by Crippen LogP contribution is 2.47. The van der Waals surface area contributed by atoms with Crippen LogP contribution in [0, 0.1) is 5.92 Å². The number of rotatable bonds is 5. The molecule has 1 N–H and O–H groups in total. The zero-order valence-electron chi connectivity index (χ0n) is 11.8. The van der Waals surface area contributed by atoms with Crippen molar-refractivity contribution in [2.45, 2.75) is 44.9 Å². The average Bonchev–Trinajstić information content (AvgIpc) is 2.72. The van der Waals surface area contributed by atoms with Crippen LogP contribution in [0.5, 0.6) is 0 Å². The molecule has 1 aromatic carbocycles. The summed E-state index contributed by atoms with van der Waals surface area (Å²) in [6, 6.07) is 5.97. The van der Waals surface area contributed by atoms with Crippen LogP contribution in [0.4, 0.5) is 0 Å². The molecule has 106 valence electrons. The number of halogens is 2. The van der Waals surface area contributed by atoms with Gasteiger partial charge in [-0.15, -0.1) is 0 Å². The molecule has 2 unspecified atom stereocenters. The van der Waals surface area contributed by atoms with Crippen LogP contribution in [0.1, 0.15) is 45.1 Å². The molecule has 0 aromatic heterocycles. The van der Waals surface area contributed by atoms with E-state index in [-0.39, 0.29) is 5.41 Å². The average molecular weight is 300 g/mol. The fraction of sp³-hybridized carbons (Fsp3) is 0.625. The van der Waals surface area contributed by atoms with Gasteiger partial charge in [-0.25, -0.2) is 0 Å². The number of benzene rings is 1. The normalized spacial score (nSPS) is 26.8. The van der Waals surface area contributed by atoms with Gasteiger partial charge in [-0.1, -0.05) is 49.5 Å². The van der Waals surface area contributed by atoms with Gasteiger partial charge in [0, 0.05) is 22.0 Å². The Morgan fingerprint density at radius 2 is 2.16 bits per heavy atom. The molecule has 1 aliphatic carbocycles. The predicted molar refractivity (Wildman–Crippen MR) is 84.3 cm³/mol.